The lowest BCUT2D eigenvalue weighted by molar-refractivity contribution is 0.828. The normalized spacial score (nSPS) is 11.3. The summed E-state index contributed by atoms with van der Waals surface area (Å²) in [6.45, 7) is 4.14. The van der Waals surface area contributed by atoms with Gasteiger partial charge >= 0.3 is 5.69 Å². The van der Waals surface area contributed by atoms with E-state index in [0.717, 1.165) is 11.2 Å². The molecule has 0 fully saturated rings. The van der Waals surface area contributed by atoms with Crippen LogP contribution >= 0.6 is 0 Å². The van der Waals surface area contributed by atoms with Crippen LogP contribution < -0.4 is 5.69 Å². The summed E-state index contributed by atoms with van der Waals surface area (Å²) in [6.07, 6.45) is 0. The van der Waals surface area contributed by atoms with Gasteiger partial charge in [0.05, 0.1) is 5.52 Å². The van der Waals surface area contributed by atoms with Crippen molar-refractivity contribution in [1.82, 2.24) is 15.0 Å². The molecule has 2 heterocycles. The Balaban J connectivity index is 2.68. The second-order valence-electron chi connectivity index (χ2n) is 3.37. The van der Waals surface area contributed by atoms with E-state index in [1.807, 2.05) is 12.1 Å². The van der Waals surface area contributed by atoms with Crippen molar-refractivity contribution in [2.75, 3.05) is 0 Å². The van der Waals surface area contributed by atoms with Crippen LogP contribution in [0.3, 0.4) is 0 Å². The van der Waals surface area contributed by atoms with Crippen LogP contribution in [0, 0.1) is 0 Å². The third-order valence-electron chi connectivity index (χ3n) is 1.99. The molecule has 0 aliphatic carbocycles. The zero-order valence-corrected chi connectivity index (χ0v) is 7.59. The molecule has 4 heteroatoms. The van der Waals surface area contributed by atoms with E-state index in [-0.39, 0.29) is 5.69 Å². The fourth-order valence-corrected chi connectivity index (χ4v) is 1.25. The minimum absolute atomic E-state index is 0.205. The Morgan fingerprint density at radius 2 is 2.08 bits per heavy atom. The van der Waals surface area contributed by atoms with Gasteiger partial charge in [0, 0.05) is 5.69 Å². The van der Waals surface area contributed by atoms with Crippen LogP contribution in [0.2, 0.25) is 0 Å². The minimum atomic E-state index is -0.205. The molecule has 0 saturated heterocycles. The molecule has 2 N–H and O–H groups in total. The molecule has 2 aromatic heterocycles. The number of H-pyrrole nitrogens is 2. The summed E-state index contributed by atoms with van der Waals surface area (Å²) < 4.78 is 0. The molecule has 0 bridgehead atoms. The first kappa shape index (κ1) is 8.04. The molecule has 0 saturated carbocycles. The second kappa shape index (κ2) is 2.73. The lowest BCUT2D eigenvalue weighted by atomic mass is 10.1. The van der Waals surface area contributed by atoms with Crippen LogP contribution in [0.15, 0.2) is 16.9 Å². The van der Waals surface area contributed by atoms with Gasteiger partial charge in [-0.3, -0.25) is 4.98 Å². The number of hydrogen-bond donors (Lipinski definition) is 2. The van der Waals surface area contributed by atoms with E-state index in [9.17, 15) is 4.79 Å². The monoisotopic (exact) mass is 177 g/mol. The van der Waals surface area contributed by atoms with Crippen molar-refractivity contribution in [3.63, 3.8) is 0 Å². The number of imidazole rings is 1. The number of nitrogens with one attached hydrogen (secondary N) is 2. The van der Waals surface area contributed by atoms with Crippen molar-refractivity contribution >= 4 is 11.2 Å². The smallest absolute Gasteiger partial charge is 0.304 e. The Morgan fingerprint density at radius 1 is 1.31 bits per heavy atom. The average Bonchev–Trinajstić information content (AvgIpc) is 2.42. The van der Waals surface area contributed by atoms with Gasteiger partial charge in [-0.2, -0.15) is 0 Å². The zero-order valence-electron chi connectivity index (χ0n) is 7.59. The molecule has 0 spiro atoms. The molecular formula is C9H11N3O. The van der Waals surface area contributed by atoms with Crippen LogP contribution in [0.5, 0.6) is 0 Å². The molecule has 0 aromatic carbocycles. The minimum Gasteiger partial charge on any atom is -0.304 e. The van der Waals surface area contributed by atoms with Crippen LogP contribution in [-0.2, 0) is 0 Å². The van der Waals surface area contributed by atoms with Crippen LogP contribution in [0.1, 0.15) is 25.5 Å². The predicted molar refractivity (Wildman–Crippen MR) is 50.8 cm³/mol. The van der Waals surface area contributed by atoms with Crippen LogP contribution in [-0.4, -0.2) is 15.0 Å². The molecule has 2 aromatic rings. The first-order valence-electron chi connectivity index (χ1n) is 4.26. The molecular weight excluding hydrogens is 166 g/mol. The zero-order chi connectivity index (χ0) is 9.42. The van der Waals surface area contributed by atoms with Gasteiger partial charge < -0.3 is 4.98 Å². The molecule has 0 aliphatic rings. The van der Waals surface area contributed by atoms with Gasteiger partial charge in [-0.05, 0) is 18.1 Å². The van der Waals surface area contributed by atoms with Crippen LogP contribution in [0.25, 0.3) is 11.2 Å². The molecule has 0 amide bonds. The molecule has 4 nitrogen and oxygen atoms in total. The number of aromatic amines is 2. The van der Waals surface area contributed by atoms with Crippen molar-refractivity contribution in [2.45, 2.75) is 19.8 Å². The standard InChI is InChI=1S/C9H11N3O/c1-5(2)6-3-4-7-8(10-6)12-9(13)11-7/h3-5H,1-2H3,(H2,10,11,12,13). The maximum absolute atomic E-state index is 10.9. The summed E-state index contributed by atoms with van der Waals surface area (Å²) in [5.41, 5.74) is 2.18. The van der Waals surface area contributed by atoms with E-state index >= 15 is 0 Å². The molecule has 2 rings (SSSR count). The largest absolute Gasteiger partial charge is 0.325 e. The average molecular weight is 177 g/mol. The van der Waals surface area contributed by atoms with Gasteiger partial charge in [0.25, 0.3) is 0 Å². The first-order chi connectivity index (χ1) is 6.16. The van der Waals surface area contributed by atoms with Gasteiger partial charge in [0.1, 0.15) is 0 Å². The SMILES string of the molecule is CC(C)c1ccc2[nH]c(=O)[nH]c2n1. The van der Waals surface area contributed by atoms with Gasteiger partial charge in [0.2, 0.25) is 0 Å². The molecule has 13 heavy (non-hydrogen) atoms. The third kappa shape index (κ3) is 1.35. The summed E-state index contributed by atoms with van der Waals surface area (Å²) in [6, 6.07) is 3.80. The number of nitrogens with zero attached hydrogens (tertiary/aromatic N) is 1. The fourth-order valence-electron chi connectivity index (χ4n) is 1.25. The molecule has 0 aliphatic heterocycles. The molecule has 0 radical (unpaired) electrons. The number of hydrogen-bond acceptors (Lipinski definition) is 2. The molecule has 68 valence electrons. The topological polar surface area (TPSA) is 61.5 Å². The highest BCUT2D eigenvalue weighted by Gasteiger charge is 2.03. The Hall–Kier alpha value is -1.58. The maximum Gasteiger partial charge on any atom is 0.325 e. The van der Waals surface area contributed by atoms with E-state index in [2.05, 4.69) is 28.8 Å². The Bertz CT molecular complexity index is 481. The van der Waals surface area contributed by atoms with E-state index in [4.69, 9.17) is 0 Å². The van der Waals surface area contributed by atoms with E-state index in [1.165, 1.54) is 0 Å². The first-order valence-corrected chi connectivity index (χ1v) is 4.26. The quantitative estimate of drug-likeness (QED) is 0.691. The lowest BCUT2D eigenvalue weighted by Gasteiger charge is -2.02. The summed E-state index contributed by atoms with van der Waals surface area (Å²) in [5, 5.41) is 0. The number of aromatic nitrogens is 3. The van der Waals surface area contributed by atoms with Gasteiger partial charge in [0.15, 0.2) is 5.65 Å². The van der Waals surface area contributed by atoms with Crippen molar-refractivity contribution in [3.05, 3.63) is 28.3 Å². The van der Waals surface area contributed by atoms with E-state index in [0.29, 0.717) is 11.6 Å². The number of pyridine rings is 1. The fraction of sp³-hybridized carbons (Fsp3) is 0.333. The van der Waals surface area contributed by atoms with Crippen molar-refractivity contribution in [1.29, 1.82) is 0 Å². The number of rotatable bonds is 1. The van der Waals surface area contributed by atoms with Gasteiger partial charge in [-0.25, -0.2) is 9.78 Å². The Labute approximate surface area is 75.0 Å². The van der Waals surface area contributed by atoms with Gasteiger partial charge in [-0.1, -0.05) is 13.8 Å². The predicted octanol–water partition coefficient (Wildman–Crippen LogP) is 1.37. The van der Waals surface area contributed by atoms with Crippen molar-refractivity contribution in [3.8, 4) is 0 Å². The van der Waals surface area contributed by atoms with E-state index < -0.39 is 0 Å². The summed E-state index contributed by atoms with van der Waals surface area (Å²) in [4.78, 5) is 20.5. The summed E-state index contributed by atoms with van der Waals surface area (Å²) >= 11 is 0. The maximum atomic E-state index is 10.9. The lowest BCUT2D eigenvalue weighted by Crippen LogP contribution is -1.99. The van der Waals surface area contributed by atoms with Crippen LogP contribution in [0.4, 0.5) is 0 Å². The highest BCUT2D eigenvalue weighted by Crippen LogP contribution is 2.13. The van der Waals surface area contributed by atoms with Gasteiger partial charge in [-0.15, -0.1) is 0 Å². The third-order valence-corrected chi connectivity index (χ3v) is 1.99. The number of fused-ring (bicyclic) bond motifs is 1. The summed E-state index contributed by atoms with van der Waals surface area (Å²) in [7, 11) is 0. The highest BCUT2D eigenvalue weighted by atomic mass is 16.1. The van der Waals surface area contributed by atoms with Crippen molar-refractivity contribution in [2.24, 2.45) is 0 Å². The van der Waals surface area contributed by atoms with Crippen molar-refractivity contribution < 1.29 is 0 Å². The molecule has 0 unspecified atom stereocenters. The second-order valence-corrected chi connectivity index (χ2v) is 3.37. The summed E-state index contributed by atoms with van der Waals surface area (Å²) in [5.74, 6) is 0.378. The molecule has 0 atom stereocenters. The Morgan fingerprint density at radius 3 is 2.77 bits per heavy atom. The highest BCUT2D eigenvalue weighted by molar-refractivity contribution is 5.69. The Kier molecular flexibility index (Phi) is 1.69. The van der Waals surface area contributed by atoms with E-state index in [1.54, 1.807) is 0 Å².